The van der Waals surface area contributed by atoms with E-state index >= 15 is 0 Å². The Hall–Kier alpha value is -1.79. The molecule has 0 bridgehead atoms. The molecule has 30 heavy (non-hydrogen) atoms. The topological polar surface area (TPSA) is 22.4 Å². The molecule has 2 aliphatic rings. The van der Waals surface area contributed by atoms with Crippen LogP contribution in [0, 0.1) is 29.4 Å². The largest absolute Gasteiger partial charge is 0.573 e. The summed E-state index contributed by atoms with van der Waals surface area (Å²) in [7, 11) is 0. The summed E-state index contributed by atoms with van der Waals surface area (Å²) >= 11 is 0. The fourth-order valence-electron chi connectivity index (χ4n) is 5.46. The summed E-state index contributed by atoms with van der Waals surface area (Å²) in [4.78, 5) is 0. The standard InChI is InChI=1S/C23H27F5O2/c1-2-13-3-5-14(6-4-13)15-7-9-16(10-8-15)19-11-17-20(29-19)12-18(24)22(21(17)25)30-23(26,27)28/h11-16H,2-10H2,1H3. The average molecular weight is 430 g/mol. The quantitative estimate of drug-likeness (QED) is 0.457. The molecule has 7 heteroatoms. The van der Waals surface area contributed by atoms with Crippen molar-refractivity contribution in [1.29, 1.82) is 0 Å². The summed E-state index contributed by atoms with van der Waals surface area (Å²) in [5, 5.41) is -0.175. The minimum Gasteiger partial charge on any atom is -0.461 e. The smallest absolute Gasteiger partial charge is 0.461 e. The maximum Gasteiger partial charge on any atom is 0.573 e. The van der Waals surface area contributed by atoms with Gasteiger partial charge < -0.3 is 9.15 Å². The monoisotopic (exact) mass is 430 g/mol. The molecule has 0 aliphatic heterocycles. The second-order valence-electron chi connectivity index (χ2n) is 8.91. The van der Waals surface area contributed by atoms with E-state index in [0.717, 1.165) is 43.6 Å². The molecule has 2 nitrogen and oxygen atoms in total. The van der Waals surface area contributed by atoms with Crippen molar-refractivity contribution >= 4 is 11.0 Å². The number of ether oxygens (including phenoxy) is 1. The Morgan fingerprint density at radius 2 is 1.53 bits per heavy atom. The highest BCUT2D eigenvalue weighted by molar-refractivity contribution is 5.81. The number of rotatable bonds is 4. The van der Waals surface area contributed by atoms with Crippen molar-refractivity contribution in [1.82, 2.24) is 0 Å². The highest BCUT2D eigenvalue weighted by atomic mass is 19.4. The van der Waals surface area contributed by atoms with Crippen LogP contribution < -0.4 is 4.74 Å². The van der Waals surface area contributed by atoms with Crippen LogP contribution in [-0.2, 0) is 0 Å². The van der Waals surface area contributed by atoms with E-state index in [2.05, 4.69) is 11.7 Å². The van der Waals surface area contributed by atoms with E-state index in [9.17, 15) is 22.0 Å². The van der Waals surface area contributed by atoms with Crippen LogP contribution in [0.25, 0.3) is 11.0 Å². The predicted octanol–water partition coefficient (Wildman–Crippen LogP) is 8.10. The fraction of sp³-hybridized carbons (Fsp3) is 0.652. The molecule has 0 saturated heterocycles. The van der Waals surface area contributed by atoms with Crippen LogP contribution in [0.5, 0.6) is 5.75 Å². The summed E-state index contributed by atoms with van der Waals surface area (Å²) in [6.45, 7) is 2.26. The molecule has 1 aromatic carbocycles. The summed E-state index contributed by atoms with van der Waals surface area (Å²) in [5.41, 5.74) is -0.0884. The molecular formula is C23H27F5O2. The molecule has 1 aromatic heterocycles. The van der Waals surface area contributed by atoms with Crippen molar-refractivity contribution in [3.63, 3.8) is 0 Å². The van der Waals surface area contributed by atoms with Crippen molar-refractivity contribution in [2.45, 2.75) is 77.0 Å². The first-order valence-electron chi connectivity index (χ1n) is 10.9. The molecule has 2 aromatic rings. The first-order chi connectivity index (χ1) is 14.2. The number of hydrogen-bond donors (Lipinski definition) is 0. The lowest BCUT2D eigenvalue weighted by Crippen LogP contribution is -2.25. The Balaban J connectivity index is 1.45. The van der Waals surface area contributed by atoms with Gasteiger partial charge in [-0.25, -0.2) is 8.78 Å². The van der Waals surface area contributed by atoms with E-state index in [-0.39, 0.29) is 16.9 Å². The van der Waals surface area contributed by atoms with Gasteiger partial charge in [0.05, 0.1) is 5.39 Å². The second kappa shape index (κ2) is 8.39. The highest BCUT2D eigenvalue weighted by Gasteiger charge is 2.36. The minimum absolute atomic E-state index is 0.0788. The van der Waals surface area contributed by atoms with Gasteiger partial charge in [0.15, 0.2) is 11.6 Å². The van der Waals surface area contributed by atoms with E-state index in [4.69, 9.17) is 4.42 Å². The molecular weight excluding hydrogens is 403 g/mol. The number of furan rings is 1. The zero-order valence-corrected chi connectivity index (χ0v) is 17.0. The van der Waals surface area contributed by atoms with Crippen molar-refractivity contribution < 1.29 is 31.1 Å². The van der Waals surface area contributed by atoms with Gasteiger partial charge in [-0.3, -0.25) is 0 Å². The molecule has 4 rings (SSSR count). The lowest BCUT2D eigenvalue weighted by molar-refractivity contribution is -0.276. The van der Waals surface area contributed by atoms with Crippen molar-refractivity contribution in [2.75, 3.05) is 0 Å². The predicted molar refractivity (Wildman–Crippen MR) is 103 cm³/mol. The third kappa shape index (κ3) is 4.45. The zero-order chi connectivity index (χ0) is 21.5. The van der Waals surface area contributed by atoms with Gasteiger partial charge in [-0.2, -0.15) is 0 Å². The number of halogens is 5. The Morgan fingerprint density at radius 1 is 0.933 bits per heavy atom. The maximum absolute atomic E-state index is 14.5. The number of benzene rings is 1. The first-order valence-corrected chi connectivity index (χ1v) is 10.9. The van der Waals surface area contributed by atoms with Gasteiger partial charge in [-0.15, -0.1) is 13.2 Å². The summed E-state index contributed by atoms with van der Waals surface area (Å²) in [6.07, 6.45) is 5.26. The fourth-order valence-corrected chi connectivity index (χ4v) is 5.46. The van der Waals surface area contributed by atoms with Crippen molar-refractivity contribution in [2.24, 2.45) is 17.8 Å². The van der Waals surface area contributed by atoms with E-state index in [1.807, 2.05) is 0 Å². The molecule has 0 spiro atoms. The Morgan fingerprint density at radius 3 is 2.10 bits per heavy atom. The van der Waals surface area contributed by atoms with Gasteiger partial charge in [0.1, 0.15) is 11.3 Å². The van der Waals surface area contributed by atoms with Gasteiger partial charge in [0.25, 0.3) is 0 Å². The Labute approximate surface area is 172 Å². The van der Waals surface area contributed by atoms with Gasteiger partial charge in [0.2, 0.25) is 5.75 Å². The van der Waals surface area contributed by atoms with Gasteiger partial charge in [-0.1, -0.05) is 26.2 Å². The molecule has 1 heterocycles. The van der Waals surface area contributed by atoms with E-state index < -0.39 is 23.7 Å². The van der Waals surface area contributed by atoms with Gasteiger partial charge in [-0.05, 0) is 62.3 Å². The van der Waals surface area contributed by atoms with Crippen LogP contribution in [0.4, 0.5) is 22.0 Å². The second-order valence-corrected chi connectivity index (χ2v) is 8.91. The molecule has 166 valence electrons. The van der Waals surface area contributed by atoms with Gasteiger partial charge in [0, 0.05) is 12.0 Å². The van der Waals surface area contributed by atoms with Gasteiger partial charge >= 0.3 is 6.36 Å². The van der Waals surface area contributed by atoms with Crippen LogP contribution >= 0.6 is 0 Å². The van der Waals surface area contributed by atoms with Crippen LogP contribution in [-0.4, -0.2) is 6.36 Å². The summed E-state index contributed by atoms with van der Waals surface area (Å²) in [5.74, 6) is -1.30. The molecule has 2 saturated carbocycles. The first kappa shape index (κ1) is 21.4. The Kier molecular flexibility index (Phi) is 5.99. The normalized spacial score (nSPS) is 28.1. The van der Waals surface area contributed by atoms with Crippen LogP contribution in [0.1, 0.15) is 76.4 Å². The molecule has 2 fully saturated rings. The number of fused-ring (bicyclic) bond motifs is 1. The molecule has 0 atom stereocenters. The van der Waals surface area contributed by atoms with E-state index in [1.54, 1.807) is 0 Å². The molecule has 0 unspecified atom stereocenters. The van der Waals surface area contributed by atoms with E-state index in [0.29, 0.717) is 11.7 Å². The average Bonchev–Trinajstić information content (AvgIpc) is 3.15. The lowest BCUT2D eigenvalue weighted by atomic mass is 9.68. The van der Waals surface area contributed by atoms with Crippen molar-refractivity contribution in [3.8, 4) is 5.75 Å². The lowest BCUT2D eigenvalue weighted by Gasteiger charge is -2.37. The highest BCUT2D eigenvalue weighted by Crippen LogP contribution is 2.45. The minimum atomic E-state index is -5.17. The molecule has 2 aliphatic carbocycles. The molecule has 0 radical (unpaired) electrons. The van der Waals surface area contributed by atoms with E-state index in [1.165, 1.54) is 38.2 Å². The third-order valence-electron chi connectivity index (χ3n) is 7.22. The van der Waals surface area contributed by atoms with Crippen LogP contribution in [0.15, 0.2) is 16.5 Å². The molecule has 0 N–H and O–H groups in total. The Bertz CT molecular complexity index is 872. The maximum atomic E-state index is 14.5. The molecule has 0 amide bonds. The van der Waals surface area contributed by atoms with Crippen molar-refractivity contribution in [3.05, 3.63) is 29.5 Å². The SMILES string of the molecule is CCC1CCC(C2CCC(c3cc4c(F)c(OC(F)(F)F)c(F)cc4o3)CC2)CC1. The zero-order valence-electron chi connectivity index (χ0n) is 17.0. The third-order valence-corrected chi connectivity index (χ3v) is 7.22. The summed E-state index contributed by atoms with van der Waals surface area (Å²) in [6, 6.07) is 2.17. The summed E-state index contributed by atoms with van der Waals surface area (Å²) < 4.78 is 75.0. The number of alkyl halides is 3. The van der Waals surface area contributed by atoms with Crippen LogP contribution in [0.2, 0.25) is 0 Å². The van der Waals surface area contributed by atoms with Crippen LogP contribution in [0.3, 0.4) is 0 Å². The number of hydrogen-bond acceptors (Lipinski definition) is 2.